The van der Waals surface area contributed by atoms with E-state index in [9.17, 15) is 9.59 Å². The van der Waals surface area contributed by atoms with Gasteiger partial charge in [0.25, 0.3) is 5.91 Å². The van der Waals surface area contributed by atoms with E-state index < -0.39 is 0 Å². The van der Waals surface area contributed by atoms with E-state index in [4.69, 9.17) is 4.74 Å². The summed E-state index contributed by atoms with van der Waals surface area (Å²) in [4.78, 5) is 26.7. The Morgan fingerprint density at radius 1 is 0.897 bits per heavy atom. The van der Waals surface area contributed by atoms with Crippen molar-refractivity contribution in [2.45, 2.75) is 6.54 Å². The number of carbonyl (C=O) groups is 2. The lowest BCUT2D eigenvalue weighted by atomic mass is 10.2. The van der Waals surface area contributed by atoms with Gasteiger partial charge in [0.2, 0.25) is 5.78 Å². The molecule has 4 aromatic rings. The van der Waals surface area contributed by atoms with Crippen molar-refractivity contribution in [1.29, 1.82) is 0 Å². The van der Waals surface area contributed by atoms with Gasteiger partial charge in [-0.15, -0.1) is 11.3 Å². The van der Waals surface area contributed by atoms with Gasteiger partial charge >= 0.3 is 0 Å². The molecule has 0 saturated heterocycles. The molecule has 0 aliphatic carbocycles. The standard InChI is InChI=1S/C23H17NO3S2/c25-22(16-12-13-28-15-16)21-11-10-18(29-21)14-24-23(26)19-8-4-5-9-20(19)27-17-6-2-1-3-7-17/h1-13,15H,14H2,(H,24,26). The molecule has 2 aromatic carbocycles. The Bertz CT molecular complexity index is 1120. The third-order valence-electron chi connectivity index (χ3n) is 4.19. The molecule has 144 valence electrons. The Kier molecular flexibility index (Phi) is 5.84. The zero-order valence-electron chi connectivity index (χ0n) is 15.3. The van der Waals surface area contributed by atoms with Crippen LogP contribution in [-0.4, -0.2) is 11.7 Å². The lowest BCUT2D eigenvalue weighted by Crippen LogP contribution is -2.22. The molecule has 4 nitrogen and oxygen atoms in total. The largest absolute Gasteiger partial charge is 0.457 e. The monoisotopic (exact) mass is 419 g/mol. The van der Waals surface area contributed by atoms with Gasteiger partial charge in [0, 0.05) is 15.8 Å². The maximum absolute atomic E-state index is 12.7. The number of hydrogen-bond donors (Lipinski definition) is 1. The van der Waals surface area contributed by atoms with Crippen LogP contribution in [0.2, 0.25) is 0 Å². The summed E-state index contributed by atoms with van der Waals surface area (Å²) in [5.74, 6) is 0.948. The quantitative estimate of drug-likeness (QED) is 0.387. The van der Waals surface area contributed by atoms with Gasteiger partial charge in [-0.2, -0.15) is 11.3 Å². The average Bonchev–Trinajstić information content (AvgIpc) is 3.45. The highest BCUT2D eigenvalue weighted by molar-refractivity contribution is 7.14. The minimum atomic E-state index is -0.226. The zero-order valence-corrected chi connectivity index (χ0v) is 17.0. The van der Waals surface area contributed by atoms with E-state index in [1.807, 2.05) is 59.3 Å². The fourth-order valence-corrected chi connectivity index (χ4v) is 4.30. The number of carbonyl (C=O) groups excluding carboxylic acids is 2. The fourth-order valence-electron chi connectivity index (χ4n) is 2.75. The molecule has 2 heterocycles. The summed E-state index contributed by atoms with van der Waals surface area (Å²) >= 11 is 2.89. The summed E-state index contributed by atoms with van der Waals surface area (Å²) in [7, 11) is 0. The molecule has 0 unspecified atom stereocenters. The lowest BCUT2D eigenvalue weighted by Gasteiger charge is -2.11. The van der Waals surface area contributed by atoms with Crippen LogP contribution in [0.15, 0.2) is 83.6 Å². The molecule has 2 aromatic heterocycles. The molecule has 4 rings (SSSR count). The predicted octanol–water partition coefficient (Wildman–Crippen LogP) is 5.76. The molecule has 0 aliphatic heterocycles. The fraction of sp³-hybridized carbons (Fsp3) is 0.0435. The maximum atomic E-state index is 12.7. The molecule has 0 bridgehead atoms. The Balaban J connectivity index is 1.42. The number of para-hydroxylation sites is 2. The summed E-state index contributed by atoms with van der Waals surface area (Å²) < 4.78 is 5.86. The number of ether oxygens (including phenoxy) is 1. The lowest BCUT2D eigenvalue weighted by molar-refractivity contribution is 0.0948. The summed E-state index contributed by atoms with van der Waals surface area (Å²) in [5, 5.41) is 6.64. The van der Waals surface area contributed by atoms with Crippen LogP contribution in [0.25, 0.3) is 0 Å². The number of ketones is 1. The Labute approximate surface area is 176 Å². The van der Waals surface area contributed by atoms with Crippen LogP contribution in [0.4, 0.5) is 0 Å². The summed E-state index contributed by atoms with van der Waals surface area (Å²) in [6.45, 7) is 0.347. The molecule has 6 heteroatoms. The molecule has 0 fully saturated rings. The van der Waals surface area contributed by atoms with E-state index in [2.05, 4.69) is 5.32 Å². The number of thiophene rings is 2. The molecule has 0 atom stereocenters. The van der Waals surface area contributed by atoms with Gasteiger partial charge in [-0.25, -0.2) is 0 Å². The molecular weight excluding hydrogens is 402 g/mol. The average molecular weight is 420 g/mol. The first kappa shape index (κ1) is 19.1. The van der Waals surface area contributed by atoms with Crippen molar-refractivity contribution in [3.63, 3.8) is 0 Å². The van der Waals surface area contributed by atoms with E-state index in [1.54, 1.807) is 24.3 Å². The van der Waals surface area contributed by atoms with Crippen LogP contribution >= 0.6 is 22.7 Å². The van der Waals surface area contributed by atoms with Gasteiger partial charge in [-0.3, -0.25) is 9.59 Å². The summed E-state index contributed by atoms with van der Waals surface area (Å²) in [6.07, 6.45) is 0. The summed E-state index contributed by atoms with van der Waals surface area (Å²) in [5.41, 5.74) is 1.15. The normalized spacial score (nSPS) is 10.5. The zero-order chi connectivity index (χ0) is 20.1. The van der Waals surface area contributed by atoms with Crippen molar-refractivity contribution in [3.05, 3.63) is 104 Å². The first-order valence-corrected chi connectivity index (χ1v) is 10.7. The van der Waals surface area contributed by atoms with Gasteiger partial charge in [0.15, 0.2) is 0 Å². The van der Waals surface area contributed by atoms with E-state index in [0.717, 1.165) is 4.88 Å². The molecule has 0 saturated carbocycles. The Morgan fingerprint density at radius 2 is 1.69 bits per heavy atom. The van der Waals surface area contributed by atoms with Crippen LogP contribution in [0.1, 0.15) is 30.5 Å². The van der Waals surface area contributed by atoms with Crippen LogP contribution in [-0.2, 0) is 6.54 Å². The molecular formula is C23H17NO3S2. The number of nitrogens with one attached hydrogen (secondary N) is 1. The SMILES string of the molecule is O=C(c1ccsc1)c1ccc(CNC(=O)c2ccccc2Oc2ccccc2)s1. The number of benzene rings is 2. The number of hydrogen-bond acceptors (Lipinski definition) is 5. The number of rotatable bonds is 7. The third-order valence-corrected chi connectivity index (χ3v) is 5.96. The van der Waals surface area contributed by atoms with Crippen molar-refractivity contribution < 1.29 is 14.3 Å². The molecule has 1 amide bonds. The van der Waals surface area contributed by atoms with Crippen molar-refractivity contribution in [1.82, 2.24) is 5.32 Å². The first-order chi connectivity index (χ1) is 14.2. The van der Waals surface area contributed by atoms with Crippen molar-refractivity contribution in [3.8, 4) is 11.5 Å². The minimum absolute atomic E-state index is 0.00966. The van der Waals surface area contributed by atoms with Gasteiger partial charge in [0.1, 0.15) is 11.5 Å². The molecule has 0 spiro atoms. The van der Waals surface area contributed by atoms with Crippen LogP contribution in [0.3, 0.4) is 0 Å². The van der Waals surface area contributed by atoms with Gasteiger partial charge in [0.05, 0.1) is 17.0 Å². The van der Waals surface area contributed by atoms with E-state index in [-0.39, 0.29) is 11.7 Å². The highest BCUT2D eigenvalue weighted by Gasteiger charge is 2.15. The van der Waals surface area contributed by atoms with Crippen molar-refractivity contribution in [2.75, 3.05) is 0 Å². The molecule has 29 heavy (non-hydrogen) atoms. The maximum Gasteiger partial charge on any atom is 0.255 e. The van der Waals surface area contributed by atoms with Crippen molar-refractivity contribution in [2.24, 2.45) is 0 Å². The van der Waals surface area contributed by atoms with Gasteiger partial charge in [-0.1, -0.05) is 30.3 Å². The Morgan fingerprint density at radius 3 is 2.48 bits per heavy atom. The van der Waals surface area contributed by atoms with Crippen molar-refractivity contribution >= 4 is 34.4 Å². The molecule has 0 radical (unpaired) electrons. The topological polar surface area (TPSA) is 55.4 Å². The molecule has 1 N–H and O–H groups in total. The highest BCUT2D eigenvalue weighted by Crippen LogP contribution is 2.25. The summed E-state index contributed by atoms with van der Waals surface area (Å²) in [6, 6.07) is 22.0. The van der Waals surface area contributed by atoms with E-state index in [1.165, 1.54) is 22.7 Å². The first-order valence-electron chi connectivity index (χ1n) is 8.96. The third kappa shape index (κ3) is 4.62. The Hall–Kier alpha value is -3.22. The second-order valence-electron chi connectivity index (χ2n) is 6.20. The predicted molar refractivity (Wildman–Crippen MR) is 116 cm³/mol. The minimum Gasteiger partial charge on any atom is -0.457 e. The van der Waals surface area contributed by atoms with Gasteiger partial charge < -0.3 is 10.1 Å². The van der Waals surface area contributed by atoms with Crippen LogP contribution in [0.5, 0.6) is 11.5 Å². The second-order valence-corrected chi connectivity index (χ2v) is 8.15. The second kappa shape index (κ2) is 8.86. The van der Waals surface area contributed by atoms with Gasteiger partial charge in [-0.05, 0) is 47.8 Å². The highest BCUT2D eigenvalue weighted by atomic mass is 32.1. The van der Waals surface area contributed by atoms with E-state index in [0.29, 0.717) is 34.0 Å². The number of amides is 1. The van der Waals surface area contributed by atoms with Crippen LogP contribution < -0.4 is 10.1 Å². The molecule has 0 aliphatic rings. The van der Waals surface area contributed by atoms with Crippen LogP contribution in [0, 0.1) is 0 Å². The van der Waals surface area contributed by atoms with E-state index >= 15 is 0 Å². The smallest absolute Gasteiger partial charge is 0.255 e.